The van der Waals surface area contributed by atoms with Crippen LogP contribution in [0, 0.1) is 5.92 Å². The molecule has 3 aromatic rings. The first-order chi connectivity index (χ1) is 13.7. The minimum Gasteiger partial charge on any atom is -0.457 e. The van der Waals surface area contributed by atoms with E-state index in [1.165, 1.54) is 0 Å². The number of ether oxygens (including phenoxy) is 1. The van der Waals surface area contributed by atoms with Crippen LogP contribution in [0.4, 0.5) is 5.69 Å². The number of benzene rings is 2. The molecule has 0 aliphatic rings. The molecule has 3 rings (SSSR count). The monoisotopic (exact) mass is 376 g/mol. The zero-order valence-electron chi connectivity index (χ0n) is 15.5. The summed E-state index contributed by atoms with van der Waals surface area (Å²) in [4.78, 5) is 8.64. The molecule has 0 spiro atoms. The predicted molar refractivity (Wildman–Crippen MR) is 112 cm³/mol. The smallest absolute Gasteiger partial charge is 0.193 e. The van der Waals surface area contributed by atoms with Gasteiger partial charge in [-0.05, 0) is 42.8 Å². The predicted octanol–water partition coefficient (Wildman–Crippen LogP) is 3.45. The number of aliphatic hydroxyl groups excluding tert-OH is 1. The Hall–Kier alpha value is -3.38. The molecule has 2 aromatic carbocycles. The van der Waals surface area contributed by atoms with Gasteiger partial charge in [0.05, 0.1) is 0 Å². The number of aliphatic hydroxyl groups is 1. The molecule has 1 atom stereocenters. The zero-order valence-corrected chi connectivity index (χ0v) is 15.5. The second-order valence-electron chi connectivity index (χ2n) is 6.37. The second kappa shape index (κ2) is 10.1. The Labute approximate surface area is 164 Å². The Kier molecular flexibility index (Phi) is 6.98. The summed E-state index contributed by atoms with van der Waals surface area (Å²) >= 11 is 0. The highest BCUT2D eigenvalue weighted by molar-refractivity contribution is 5.92. The van der Waals surface area contributed by atoms with Gasteiger partial charge in [0, 0.05) is 42.7 Å². The van der Waals surface area contributed by atoms with Crippen molar-refractivity contribution in [2.75, 3.05) is 18.5 Å². The highest BCUT2D eigenvalue weighted by Gasteiger charge is 2.09. The number of guanidine groups is 1. The van der Waals surface area contributed by atoms with Crippen LogP contribution >= 0.6 is 0 Å². The lowest BCUT2D eigenvalue weighted by atomic mass is 10.0. The van der Waals surface area contributed by atoms with Crippen LogP contribution in [-0.2, 0) is 6.42 Å². The van der Waals surface area contributed by atoms with Crippen LogP contribution < -0.4 is 15.8 Å². The molecule has 6 heteroatoms. The fourth-order valence-corrected chi connectivity index (χ4v) is 2.68. The Morgan fingerprint density at radius 3 is 2.57 bits per heavy atom. The SMILES string of the molecule is NC(=NCC(CO)Cc1ccccn1)Nc1cccc(Oc2ccccc2)c1. The third kappa shape index (κ3) is 6.10. The molecule has 0 fully saturated rings. The number of rotatable bonds is 8. The highest BCUT2D eigenvalue weighted by Crippen LogP contribution is 2.23. The molecule has 0 aliphatic carbocycles. The summed E-state index contributed by atoms with van der Waals surface area (Å²) in [6.45, 7) is 0.430. The minimum atomic E-state index is -0.0389. The van der Waals surface area contributed by atoms with E-state index in [1.54, 1.807) is 6.20 Å². The van der Waals surface area contributed by atoms with Crippen LogP contribution in [0.1, 0.15) is 5.69 Å². The Bertz CT molecular complexity index is 885. The number of hydrogen-bond donors (Lipinski definition) is 3. The van der Waals surface area contributed by atoms with Crippen molar-refractivity contribution in [2.45, 2.75) is 6.42 Å². The fourth-order valence-electron chi connectivity index (χ4n) is 2.68. The van der Waals surface area contributed by atoms with Crippen LogP contribution in [0.3, 0.4) is 0 Å². The van der Waals surface area contributed by atoms with Crippen LogP contribution in [0.2, 0.25) is 0 Å². The topological polar surface area (TPSA) is 92.8 Å². The van der Waals surface area contributed by atoms with Crippen molar-refractivity contribution in [1.82, 2.24) is 4.98 Å². The summed E-state index contributed by atoms with van der Waals surface area (Å²) < 4.78 is 5.82. The standard InChI is InChI=1S/C22H24N4O2/c23-22(25-15-17(16-27)13-18-7-4-5-12-24-18)26-19-8-6-11-21(14-19)28-20-9-2-1-3-10-20/h1-12,14,17,27H,13,15-16H2,(H3,23,25,26). The number of hydrogen-bond acceptors (Lipinski definition) is 4. The summed E-state index contributed by atoms with van der Waals surface area (Å²) in [5.74, 6) is 1.72. The number of nitrogens with one attached hydrogen (secondary N) is 1. The van der Waals surface area contributed by atoms with E-state index >= 15 is 0 Å². The maximum Gasteiger partial charge on any atom is 0.193 e. The summed E-state index contributed by atoms with van der Waals surface area (Å²) in [6, 6.07) is 22.8. The Morgan fingerprint density at radius 1 is 1.04 bits per heavy atom. The Morgan fingerprint density at radius 2 is 1.82 bits per heavy atom. The van der Waals surface area contributed by atoms with Gasteiger partial charge in [-0.15, -0.1) is 0 Å². The van der Waals surface area contributed by atoms with E-state index in [4.69, 9.17) is 10.5 Å². The van der Waals surface area contributed by atoms with E-state index in [0.29, 0.717) is 18.7 Å². The van der Waals surface area contributed by atoms with Gasteiger partial charge in [0.2, 0.25) is 0 Å². The first-order valence-electron chi connectivity index (χ1n) is 9.13. The van der Waals surface area contributed by atoms with Gasteiger partial charge < -0.3 is 20.9 Å². The molecule has 1 heterocycles. The average molecular weight is 376 g/mol. The molecule has 0 bridgehead atoms. The lowest BCUT2D eigenvalue weighted by molar-refractivity contribution is 0.229. The molecule has 1 unspecified atom stereocenters. The average Bonchev–Trinajstić information content (AvgIpc) is 2.73. The number of aromatic nitrogens is 1. The third-order valence-corrected chi connectivity index (χ3v) is 4.09. The van der Waals surface area contributed by atoms with Gasteiger partial charge in [0.15, 0.2) is 5.96 Å². The summed E-state index contributed by atoms with van der Waals surface area (Å²) in [7, 11) is 0. The van der Waals surface area contributed by atoms with E-state index < -0.39 is 0 Å². The number of anilines is 1. The van der Waals surface area contributed by atoms with Gasteiger partial charge in [0.25, 0.3) is 0 Å². The van der Waals surface area contributed by atoms with Crippen molar-refractivity contribution in [3.63, 3.8) is 0 Å². The van der Waals surface area contributed by atoms with E-state index in [9.17, 15) is 5.11 Å². The van der Waals surface area contributed by atoms with Crippen molar-refractivity contribution in [1.29, 1.82) is 0 Å². The quantitative estimate of drug-likeness (QED) is 0.414. The summed E-state index contributed by atoms with van der Waals surface area (Å²) in [5, 5.41) is 12.7. The van der Waals surface area contributed by atoms with E-state index in [2.05, 4.69) is 15.3 Å². The molecule has 0 saturated heterocycles. The maximum absolute atomic E-state index is 9.59. The molecular formula is C22H24N4O2. The number of nitrogens with zero attached hydrogens (tertiary/aromatic N) is 2. The molecular weight excluding hydrogens is 352 g/mol. The molecule has 0 amide bonds. The van der Waals surface area contributed by atoms with Gasteiger partial charge in [-0.3, -0.25) is 9.98 Å². The van der Waals surface area contributed by atoms with Crippen LogP contribution in [0.15, 0.2) is 84.0 Å². The first-order valence-corrected chi connectivity index (χ1v) is 9.13. The fraction of sp³-hybridized carbons (Fsp3) is 0.182. The third-order valence-electron chi connectivity index (χ3n) is 4.09. The van der Waals surface area contributed by atoms with Gasteiger partial charge in [0.1, 0.15) is 11.5 Å². The number of aliphatic imine (C=N–C) groups is 1. The number of nitrogens with two attached hydrogens (primary N) is 1. The lowest BCUT2D eigenvalue weighted by Crippen LogP contribution is -2.25. The minimum absolute atomic E-state index is 0.0216. The van der Waals surface area contributed by atoms with Crippen molar-refractivity contribution >= 4 is 11.6 Å². The van der Waals surface area contributed by atoms with Crippen molar-refractivity contribution in [2.24, 2.45) is 16.6 Å². The lowest BCUT2D eigenvalue weighted by Gasteiger charge is -2.12. The summed E-state index contributed by atoms with van der Waals surface area (Å²) in [6.07, 6.45) is 2.39. The Balaban J connectivity index is 1.57. The molecule has 0 saturated carbocycles. The van der Waals surface area contributed by atoms with E-state index in [0.717, 1.165) is 17.1 Å². The molecule has 28 heavy (non-hydrogen) atoms. The first kappa shape index (κ1) is 19.4. The largest absolute Gasteiger partial charge is 0.457 e. The van der Waals surface area contributed by atoms with Gasteiger partial charge in [-0.25, -0.2) is 0 Å². The van der Waals surface area contributed by atoms with Crippen LogP contribution in [-0.4, -0.2) is 29.2 Å². The van der Waals surface area contributed by atoms with Gasteiger partial charge in [-0.1, -0.05) is 30.3 Å². The molecule has 4 N–H and O–H groups in total. The van der Waals surface area contributed by atoms with Gasteiger partial charge in [-0.2, -0.15) is 0 Å². The number of pyridine rings is 1. The molecule has 1 aromatic heterocycles. The number of para-hydroxylation sites is 1. The highest BCUT2D eigenvalue weighted by atomic mass is 16.5. The molecule has 0 aliphatic heterocycles. The van der Waals surface area contributed by atoms with Crippen molar-refractivity contribution in [3.05, 3.63) is 84.7 Å². The van der Waals surface area contributed by atoms with Gasteiger partial charge >= 0.3 is 0 Å². The van der Waals surface area contributed by atoms with Crippen molar-refractivity contribution < 1.29 is 9.84 Å². The normalized spacial score (nSPS) is 12.4. The van der Waals surface area contributed by atoms with Crippen LogP contribution in [0.5, 0.6) is 11.5 Å². The summed E-state index contributed by atoms with van der Waals surface area (Å²) in [5.41, 5.74) is 7.71. The van der Waals surface area contributed by atoms with E-state index in [1.807, 2.05) is 72.8 Å². The second-order valence-corrected chi connectivity index (χ2v) is 6.37. The van der Waals surface area contributed by atoms with Crippen molar-refractivity contribution in [3.8, 4) is 11.5 Å². The molecule has 144 valence electrons. The zero-order chi connectivity index (χ0) is 19.6. The van der Waals surface area contributed by atoms with E-state index in [-0.39, 0.29) is 18.5 Å². The molecule has 6 nitrogen and oxygen atoms in total. The maximum atomic E-state index is 9.59. The molecule has 0 radical (unpaired) electrons. The van der Waals surface area contributed by atoms with Crippen LogP contribution in [0.25, 0.3) is 0 Å².